The third kappa shape index (κ3) is 5.68. The second kappa shape index (κ2) is 11.3. The van der Waals surface area contributed by atoms with Gasteiger partial charge in [-0.1, -0.05) is 48.0 Å². The van der Waals surface area contributed by atoms with E-state index in [1.807, 2.05) is 12.1 Å². The highest BCUT2D eigenvalue weighted by Crippen LogP contribution is 2.33. The van der Waals surface area contributed by atoms with Gasteiger partial charge in [-0.05, 0) is 73.6 Å². The number of rotatable bonds is 8. The molecule has 4 aromatic rings. The summed E-state index contributed by atoms with van der Waals surface area (Å²) in [5.41, 5.74) is 4.87. The summed E-state index contributed by atoms with van der Waals surface area (Å²) in [5.74, 6) is -1.20. The first-order valence-corrected chi connectivity index (χ1v) is 13.1. The number of amides is 1. The molecule has 0 bridgehead atoms. The van der Waals surface area contributed by atoms with E-state index in [4.69, 9.17) is 21.7 Å². The zero-order valence-electron chi connectivity index (χ0n) is 20.7. The summed E-state index contributed by atoms with van der Waals surface area (Å²) >= 11 is 6.04. The van der Waals surface area contributed by atoms with Crippen LogP contribution in [-0.4, -0.2) is 27.0 Å². The number of alkyl halides is 1. The Morgan fingerprint density at radius 1 is 1.05 bits per heavy atom. The highest BCUT2D eigenvalue weighted by molar-refractivity contribution is 6.30. The zero-order chi connectivity index (χ0) is 26.6. The molecule has 2 N–H and O–H groups in total. The van der Waals surface area contributed by atoms with E-state index < -0.39 is 12.1 Å². The Bertz CT molecular complexity index is 1490. The largest absolute Gasteiger partial charge is 0.481 e. The van der Waals surface area contributed by atoms with E-state index in [2.05, 4.69) is 22.4 Å². The number of benzene rings is 3. The number of hydrogen-bond donors (Lipinski definition) is 2. The molecule has 1 aliphatic carbocycles. The van der Waals surface area contributed by atoms with Gasteiger partial charge in [-0.25, -0.2) is 14.4 Å². The number of nitrogens with zero attached hydrogens (tertiary/aromatic N) is 2. The van der Waals surface area contributed by atoms with E-state index >= 15 is 4.39 Å². The summed E-state index contributed by atoms with van der Waals surface area (Å²) in [5, 5.41) is 12.6. The molecule has 0 aliphatic heterocycles. The number of halogens is 2. The summed E-state index contributed by atoms with van der Waals surface area (Å²) < 4.78 is 15.4. The fraction of sp³-hybridized carbons (Fsp3) is 0.267. The van der Waals surface area contributed by atoms with Crippen molar-refractivity contribution in [2.75, 3.05) is 0 Å². The number of carbonyl (C=O) groups is 2. The lowest BCUT2D eigenvalue weighted by molar-refractivity contribution is -0.137. The maximum absolute atomic E-state index is 15.4. The van der Waals surface area contributed by atoms with Gasteiger partial charge in [0.15, 0.2) is 0 Å². The summed E-state index contributed by atoms with van der Waals surface area (Å²) in [6.07, 6.45) is 1.38. The Morgan fingerprint density at radius 2 is 1.84 bits per heavy atom. The van der Waals surface area contributed by atoms with Gasteiger partial charge in [0.1, 0.15) is 11.9 Å². The van der Waals surface area contributed by atoms with E-state index in [-0.39, 0.29) is 36.9 Å². The number of nitrogens with one attached hydrogen (secondary N) is 1. The fourth-order valence-corrected chi connectivity index (χ4v) is 5.09. The van der Waals surface area contributed by atoms with Crippen molar-refractivity contribution in [2.24, 2.45) is 0 Å². The maximum atomic E-state index is 15.4. The molecule has 6 nitrogen and oxygen atoms in total. The monoisotopic (exact) mass is 531 g/mol. The SMILES string of the molecule is O=C(O)CCCC(F)c1nc2cc(C(=O)N[C@@H]3CCCc4ccccc43)ccc2nc1-c1ccc(Cl)cc1. The van der Waals surface area contributed by atoms with Gasteiger partial charge in [-0.3, -0.25) is 9.59 Å². The minimum atomic E-state index is -1.52. The molecule has 0 saturated carbocycles. The number of hydrogen-bond acceptors (Lipinski definition) is 4. The molecular formula is C30H27ClFN3O3. The minimum absolute atomic E-state index is 0.00561. The average Bonchev–Trinajstić information content (AvgIpc) is 2.92. The van der Waals surface area contributed by atoms with Crippen LogP contribution in [0.25, 0.3) is 22.3 Å². The molecule has 3 aromatic carbocycles. The van der Waals surface area contributed by atoms with Crippen LogP contribution in [0.2, 0.25) is 5.02 Å². The van der Waals surface area contributed by atoms with Crippen LogP contribution in [0, 0.1) is 0 Å². The Labute approximate surface area is 224 Å². The van der Waals surface area contributed by atoms with Crippen LogP contribution in [0.15, 0.2) is 66.7 Å². The first-order valence-electron chi connectivity index (χ1n) is 12.7. The number of aromatic nitrogens is 2. The van der Waals surface area contributed by atoms with Crippen molar-refractivity contribution in [1.29, 1.82) is 0 Å². The van der Waals surface area contributed by atoms with Gasteiger partial charge < -0.3 is 10.4 Å². The maximum Gasteiger partial charge on any atom is 0.303 e. The van der Waals surface area contributed by atoms with Crippen molar-refractivity contribution >= 4 is 34.5 Å². The molecule has 194 valence electrons. The molecular weight excluding hydrogens is 505 g/mol. The van der Waals surface area contributed by atoms with Gasteiger partial charge in [0.2, 0.25) is 0 Å². The second-order valence-corrected chi connectivity index (χ2v) is 9.97. The Hall–Kier alpha value is -3.84. The molecule has 0 spiro atoms. The van der Waals surface area contributed by atoms with Crippen molar-refractivity contribution in [2.45, 2.75) is 50.7 Å². The molecule has 5 rings (SSSR count). The summed E-state index contributed by atoms with van der Waals surface area (Å²) in [4.78, 5) is 33.4. The smallest absolute Gasteiger partial charge is 0.303 e. The fourth-order valence-electron chi connectivity index (χ4n) is 4.96. The van der Waals surface area contributed by atoms with E-state index in [1.54, 1.807) is 42.5 Å². The molecule has 0 saturated heterocycles. The zero-order valence-corrected chi connectivity index (χ0v) is 21.4. The molecule has 1 aromatic heterocycles. The molecule has 1 unspecified atom stereocenters. The van der Waals surface area contributed by atoms with Gasteiger partial charge in [-0.2, -0.15) is 0 Å². The summed E-state index contributed by atoms with van der Waals surface area (Å²) in [6.45, 7) is 0. The van der Waals surface area contributed by atoms with Crippen molar-refractivity contribution in [3.63, 3.8) is 0 Å². The summed E-state index contributed by atoms with van der Waals surface area (Å²) in [6, 6.07) is 20.0. The normalized spacial score (nSPS) is 15.6. The lowest BCUT2D eigenvalue weighted by Gasteiger charge is -2.26. The second-order valence-electron chi connectivity index (χ2n) is 9.54. The van der Waals surface area contributed by atoms with Crippen molar-refractivity contribution in [1.82, 2.24) is 15.3 Å². The highest BCUT2D eigenvalue weighted by Gasteiger charge is 2.24. The third-order valence-corrected chi connectivity index (χ3v) is 7.14. The lowest BCUT2D eigenvalue weighted by atomic mass is 9.87. The van der Waals surface area contributed by atoms with Gasteiger partial charge in [0.25, 0.3) is 5.91 Å². The molecule has 0 fully saturated rings. The number of aliphatic carboxylic acids is 1. The van der Waals surface area contributed by atoms with Crippen LogP contribution in [-0.2, 0) is 11.2 Å². The first-order chi connectivity index (χ1) is 18.4. The molecule has 38 heavy (non-hydrogen) atoms. The van der Waals surface area contributed by atoms with Crippen molar-refractivity contribution in [3.05, 3.63) is 94.1 Å². The van der Waals surface area contributed by atoms with Crippen molar-refractivity contribution in [3.8, 4) is 11.3 Å². The van der Waals surface area contributed by atoms with Gasteiger partial charge in [-0.15, -0.1) is 0 Å². The van der Waals surface area contributed by atoms with Crippen LogP contribution in [0.1, 0.15) is 71.5 Å². The first kappa shape index (κ1) is 25.8. The number of aryl methyl sites for hydroxylation is 1. The van der Waals surface area contributed by atoms with Crippen LogP contribution in [0.4, 0.5) is 4.39 Å². The van der Waals surface area contributed by atoms with Crippen molar-refractivity contribution < 1.29 is 19.1 Å². The molecule has 2 atom stereocenters. The standard InChI is InChI=1S/C30H27ClFN3O3/c31-21-14-11-19(12-15-21)28-29(23(32)8-4-10-27(36)37)34-26-17-20(13-16-25(26)33-28)30(38)35-24-9-3-6-18-5-1-2-7-22(18)24/h1-2,5,7,11-17,23-24H,3-4,6,8-10H2,(H,35,38)(H,36,37)/t23?,24-/m1/s1. The van der Waals surface area contributed by atoms with E-state index in [1.165, 1.54) is 5.56 Å². The van der Waals surface area contributed by atoms with Crippen LogP contribution in [0.5, 0.6) is 0 Å². The predicted octanol–water partition coefficient (Wildman–Crippen LogP) is 7.02. The number of carboxylic acid groups (broad SMARTS) is 1. The number of carboxylic acids is 1. The van der Waals surface area contributed by atoms with Crippen LogP contribution < -0.4 is 5.32 Å². The van der Waals surface area contributed by atoms with Crippen LogP contribution in [0.3, 0.4) is 0 Å². The minimum Gasteiger partial charge on any atom is -0.481 e. The predicted molar refractivity (Wildman–Crippen MR) is 145 cm³/mol. The highest BCUT2D eigenvalue weighted by atomic mass is 35.5. The molecule has 8 heteroatoms. The Balaban J connectivity index is 1.47. The quantitative estimate of drug-likeness (QED) is 0.255. The van der Waals surface area contributed by atoms with E-state index in [0.717, 1.165) is 24.8 Å². The molecule has 1 heterocycles. The lowest BCUT2D eigenvalue weighted by Crippen LogP contribution is -2.31. The van der Waals surface area contributed by atoms with Crippen LogP contribution >= 0.6 is 11.6 Å². The molecule has 0 radical (unpaired) electrons. The molecule has 1 amide bonds. The van der Waals surface area contributed by atoms with Gasteiger partial charge in [0, 0.05) is 22.6 Å². The van der Waals surface area contributed by atoms with Gasteiger partial charge in [0.05, 0.1) is 22.8 Å². The molecule has 1 aliphatic rings. The Kier molecular flexibility index (Phi) is 7.65. The number of carbonyl (C=O) groups excluding carboxylic acids is 1. The summed E-state index contributed by atoms with van der Waals surface area (Å²) in [7, 11) is 0. The number of fused-ring (bicyclic) bond motifs is 2. The van der Waals surface area contributed by atoms with Gasteiger partial charge >= 0.3 is 5.97 Å². The topological polar surface area (TPSA) is 92.2 Å². The van der Waals surface area contributed by atoms with E-state index in [0.29, 0.717) is 32.9 Å². The van der Waals surface area contributed by atoms with E-state index in [9.17, 15) is 9.59 Å². The third-order valence-electron chi connectivity index (χ3n) is 6.89. The average molecular weight is 532 g/mol. The Morgan fingerprint density at radius 3 is 2.63 bits per heavy atom.